The first kappa shape index (κ1) is 26.9. The molecule has 0 aromatic heterocycles. The van der Waals surface area contributed by atoms with Crippen molar-refractivity contribution >= 4 is 0 Å². The highest BCUT2D eigenvalue weighted by Crippen LogP contribution is 2.22. The van der Waals surface area contributed by atoms with Crippen LogP contribution in [-0.2, 0) is 0 Å². The highest BCUT2D eigenvalue weighted by molar-refractivity contribution is 4.74. The van der Waals surface area contributed by atoms with Crippen molar-refractivity contribution in [1.82, 2.24) is 0 Å². The summed E-state index contributed by atoms with van der Waals surface area (Å²) in [6.45, 7) is 6.16. The maximum atomic E-state index is 10.2. The average Bonchev–Trinajstić information content (AvgIpc) is 2.66. The number of unbranched alkanes of at least 4 members (excludes halogenated alkanes) is 14. The molecule has 3 nitrogen and oxygen atoms in total. The molecule has 0 saturated carbocycles. The second-order valence-electron chi connectivity index (χ2n) is 8.88. The summed E-state index contributed by atoms with van der Waals surface area (Å²) in [7, 11) is 0. The molecule has 3 heteroatoms. The van der Waals surface area contributed by atoms with Gasteiger partial charge in [-0.3, -0.25) is 0 Å². The van der Waals surface area contributed by atoms with E-state index in [4.69, 9.17) is 5.11 Å². The molecule has 0 radical (unpaired) electrons. The van der Waals surface area contributed by atoms with Gasteiger partial charge in [0.05, 0.1) is 12.2 Å². The van der Waals surface area contributed by atoms with Gasteiger partial charge in [0.2, 0.25) is 0 Å². The van der Waals surface area contributed by atoms with Crippen LogP contribution in [-0.4, -0.2) is 34.1 Å². The minimum Gasteiger partial charge on any atom is -0.396 e. The fourth-order valence-electron chi connectivity index (χ4n) is 3.85. The van der Waals surface area contributed by atoms with Gasteiger partial charge >= 0.3 is 0 Å². The minimum absolute atomic E-state index is 0.0359. The van der Waals surface area contributed by atoms with Crippen molar-refractivity contribution in [3.05, 3.63) is 0 Å². The predicted octanol–water partition coefficient (Wildman–Crippen LogP) is 6.23. The van der Waals surface area contributed by atoms with Crippen molar-refractivity contribution in [1.29, 1.82) is 0 Å². The Morgan fingerprint density at radius 3 is 1.19 bits per heavy atom. The Balaban J connectivity index is 3.27. The van der Waals surface area contributed by atoms with Crippen LogP contribution in [0.4, 0.5) is 0 Å². The van der Waals surface area contributed by atoms with Gasteiger partial charge in [0.25, 0.3) is 0 Å². The van der Waals surface area contributed by atoms with Gasteiger partial charge in [-0.25, -0.2) is 0 Å². The standard InChI is InChI=1S/C24H50O3/c1-21(24(27)22(2)23(3)26)19-17-15-13-11-9-7-5-4-6-8-10-12-14-16-18-20-25/h21-27H,4-20H2,1-3H3. The molecule has 0 fully saturated rings. The van der Waals surface area contributed by atoms with Crippen LogP contribution in [0.15, 0.2) is 0 Å². The van der Waals surface area contributed by atoms with Crippen LogP contribution in [0.2, 0.25) is 0 Å². The Morgan fingerprint density at radius 2 is 0.852 bits per heavy atom. The third-order valence-corrected chi connectivity index (χ3v) is 6.20. The number of hydrogen-bond donors (Lipinski definition) is 3. The average molecular weight is 387 g/mol. The smallest absolute Gasteiger partial charge is 0.0615 e. The third kappa shape index (κ3) is 16.5. The van der Waals surface area contributed by atoms with Gasteiger partial charge in [0, 0.05) is 12.5 Å². The highest BCUT2D eigenvalue weighted by atomic mass is 16.3. The van der Waals surface area contributed by atoms with Gasteiger partial charge in [-0.2, -0.15) is 0 Å². The van der Waals surface area contributed by atoms with Crippen LogP contribution in [0.5, 0.6) is 0 Å². The van der Waals surface area contributed by atoms with E-state index in [0.717, 1.165) is 12.8 Å². The Hall–Kier alpha value is -0.120. The molecular formula is C24H50O3. The van der Waals surface area contributed by atoms with E-state index in [1.165, 1.54) is 89.9 Å². The fraction of sp³-hybridized carbons (Fsp3) is 1.00. The van der Waals surface area contributed by atoms with Crippen LogP contribution >= 0.6 is 0 Å². The first-order valence-corrected chi connectivity index (χ1v) is 12.0. The van der Waals surface area contributed by atoms with Gasteiger partial charge in [-0.15, -0.1) is 0 Å². The quantitative estimate of drug-likeness (QED) is 0.217. The molecule has 0 heterocycles. The summed E-state index contributed by atoms with van der Waals surface area (Å²) in [5.41, 5.74) is 0. The molecule has 0 bridgehead atoms. The van der Waals surface area contributed by atoms with E-state index in [2.05, 4.69) is 6.92 Å². The Bertz CT molecular complexity index is 293. The summed E-state index contributed by atoms with van der Waals surface area (Å²) < 4.78 is 0. The lowest BCUT2D eigenvalue weighted by Gasteiger charge is -2.26. The molecule has 0 aliphatic heterocycles. The van der Waals surface area contributed by atoms with Crippen molar-refractivity contribution in [2.75, 3.05) is 6.61 Å². The Morgan fingerprint density at radius 1 is 0.519 bits per heavy atom. The molecule has 164 valence electrons. The maximum Gasteiger partial charge on any atom is 0.0615 e. The van der Waals surface area contributed by atoms with Gasteiger partial charge < -0.3 is 15.3 Å². The van der Waals surface area contributed by atoms with Crippen LogP contribution in [0.25, 0.3) is 0 Å². The molecule has 0 spiro atoms. The van der Waals surface area contributed by atoms with E-state index < -0.39 is 6.10 Å². The molecule has 4 atom stereocenters. The van der Waals surface area contributed by atoms with E-state index in [1.54, 1.807) is 6.92 Å². The molecule has 0 aromatic carbocycles. The van der Waals surface area contributed by atoms with Gasteiger partial charge in [0.1, 0.15) is 0 Å². The summed E-state index contributed by atoms with van der Waals surface area (Å²) in [6.07, 6.45) is 19.9. The molecule has 3 N–H and O–H groups in total. The lowest BCUT2D eigenvalue weighted by atomic mass is 9.87. The van der Waals surface area contributed by atoms with Crippen LogP contribution < -0.4 is 0 Å². The zero-order valence-electron chi connectivity index (χ0n) is 18.7. The van der Waals surface area contributed by atoms with E-state index >= 15 is 0 Å². The van der Waals surface area contributed by atoms with Crippen molar-refractivity contribution in [3.63, 3.8) is 0 Å². The second-order valence-corrected chi connectivity index (χ2v) is 8.88. The lowest BCUT2D eigenvalue weighted by molar-refractivity contribution is -0.00109. The molecule has 4 unspecified atom stereocenters. The molecule has 0 saturated heterocycles. The number of aliphatic hydroxyl groups excluding tert-OH is 3. The van der Waals surface area contributed by atoms with Crippen LogP contribution in [0, 0.1) is 11.8 Å². The fourth-order valence-corrected chi connectivity index (χ4v) is 3.85. The number of aliphatic hydroxyl groups is 3. The van der Waals surface area contributed by atoms with Crippen LogP contribution in [0.3, 0.4) is 0 Å². The van der Waals surface area contributed by atoms with E-state index in [9.17, 15) is 10.2 Å². The molecule has 0 aromatic rings. The topological polar surface area (TPSA) is 60.7 Å². The van der Waals surface area contributed by atoms with Gasteiger partial charge in [-0.1, -0.05) is 104 Å². The summed E-state index contributed by atoms with van der Waals surface area (Å²) in [5, 5.41) is 28.5. The monoisotopic (exact) mass is 386 g/mol. The van der Waals surface area contributed by atoms with E-state index in [-0.39, 0.29) is 17.9 Å². The third-order valence-electron chi connectivity index (χ3n) is 6.20. The molecule has 0 aliphatic carbocycles. The first-order chi connectivity index (χ1) is 13.0. The largest absolute Gasteiger partial charge is 0.396 e. The summed E-state index contributed by atoms with van der Waals surface area (Å²) in [6, 6.07) is 0. The minimum atomic E-state index is -0.431. The summed E-state index contributed by atoms with van der Waals surface area (Å²) in [5.74, 6) is 0.246. The summed E-state index contributed by atoms with van der Waals surface area (Å²) >= 11 is 0. The van der Waals surface area contributed by atoms with Gasteiger partial charge in [0.15, 0.2) is 0 Å². The Labute approximate surface area is 170 Å². The zero-order valence-corrected chi connectivity index (χ0v) is 18.7. The molecule has 27 heavy (non-hydrogen) atoms. The van der Waals surface area contributed by atoms with Crippen molar-refractivity contribution < 1.29 is 15.3 Å². The second kappa shape index (κ2) is 19.2. The van der Waals surface area contributed by atoms with Crippen molar-refractivity contribution in [3.8, 4) is 0 Å². The van der Waals surface area contributed by atoms with E-state index in [0.29, 0.717) is 6.61 Å². The van der Waals surface area contributed by atoms with Crippen LogP contribution in [0.1, 0.15) is 124 Å². The number of rotatable bonds is 20. The van der Waals surface area contributed by atoms with Gasteiger partial charge in [-0.05, 0) is 25.7 Å². The highest BCUT2D eigenvalue weighted by Gasteiger charge is 2.24. The maximum absolute atomic E-state index is 10.2. The normalized spacial score (nSPS) is 16.2. The SMILES string of the molecule is CC(O)C(C)C(O)C(C)CCCCCCCCCCCCCCCCCO. The molecule has 0 rings (SSSR count). The number of hydrogen-bond acceptors (Lipinski definition) is 3. The van der Waals surface area contributed by atoms with E-state index in [1.807, 2.05) is 6.92 Å². The molecule has 0 aliphatic rings. The zero-order chi connectivity index (χ0) is 20.3. The Kier molecular flexibility index (Phi) is 19.1. The first-order valence-electron chi connectivity index (χ1n) is 12.0. The molecular weight excluding hydrogens is 336 g/mol. The van der Waals surface area contributed by atoms with Crippen molar-refractivity contribution in [2.24, 2.45) is 11.8 Å². The predicted molar refractivity (Wildman–Crippen MR) is 117 cm³/mol. The summed E-state index contributed by atoms with van der Waals surface area (Å²) in [4.78, 5) is 0. The molecule has 0 amide bonds. The lowest BCUT2D eigenvalue weighted by Crippen LogP contribution is -2.32. The van der Waals surface area contributed by atoms with Crippen molar-refractivity contribution in [2.45, 2.75) is 136 Å².